The van der Waals surface area contributed by atoms with Crippen LogP contribution in [0.5, 0.6) is 0 Å². The minimum absolute atomic E-state index is 0.0218. The monoisotopic (exact) mass is 356 g/mol. The van der Waals surface area contributed by atoms with Crippen molar-refractivity contribution in [2.45, 2.75) is 80.8 Å². The lowest BCUT2D eigenvalue weighted by atomic mass is 9.81. The standard InChI is InChI=1S/C21H40O4/c1-15(2)9-19(5,6)17-22-11-21(12-23-17)13-24-18(25-14-21)20(7,8)10-16(3)4/h15-18H,9-14H2,1-8H3. The summed E-state index contributed by atoms with van der Waals surface area (Å²) < 4.78 is 24.6. The van der Waals surface area contributed by atoms with Crippen LogP contribution in [0.1, 0.15) is 68.2 Å². The highest BCUT2D eigenvalue weighted by atomic mass is 16.7. The smallest absolute Gasteiger partial charge is 0.162 e. The Morgan fingerprint density at radius 1 is 0.680 bits per heavy atom. The van der Waals surface area contributed by atoms with E-state index in [1.807, 2.05) is 0 Å². The van der Waals surface area contributed by atoms with Gasteiger partial charge in [-0.15, -0.1) is 0 Å². The first-order chi connectivity index (χ1) is 11.5. The predicted molar refractivity (Wildman–Crippen MR) is 100 cm³/mol. The Balaban J connectivity index is 1.87. The van der Waals surface area contributed by atoms with Crippen molar-refractivity contribution in [2.24, 2.45) is 28.1 Å². The Kier molecular flexibility index (Phi) is 6.63. The third-order valence-electron chi connectivity index (χ3n) is 5.31. The maximum atomic E-state index is 6.14. The second-order valence-corrected chi connectivity index (χ2v) is 10.6. The highest BCUT2D eigenvalue weighted by Gasteiger charge is 2.47. The van der Waals surface area contributed by atoms with Crippen LogP contribution in [0.3, 0.4) is 0 Å². The van der Waals surface area contributed by atoms with Crippen molar-refractivity contribution in [2.75, 3.05) is 26.4 Å². The van der Waals surface area contributed by atoms with E-state index < -0.39 is 0 Å². The molecule has 2 fully saturated rings. The number of hydrogen-bond donors (Lipinski definition) is 0. The fraction of sp³-hybridized carbons (Fsp3) is 1.00. The molecule has 0 bridgehead atoms. The molecule has 0 aromatic rings. The maximum absolute atomic E-state index is 6.14. The van der Waals surface area contributed by atoms with Crippen molar-refractivity contribution >= 4 is 0 Å². The third-order valence-corrected chi connectivity index (χ3v) is 5.31. The van der Waals surface area contributed by atoms with Crippen molar-refractivity contribution in [3.05, 3.63) is 0 Å². The van der Waals surface area contributed by atoms with Crippen molar-refractivity contribution in [1.82, 2.24) is 0 Å². The van der Waals surface area contributed by atoms with Gasteiger partial charge < -0.3 is 18.9 Å². The molecule has 148 valence electrons. The molecule has 0 radical (unpaired) electrons. The highest BCUT2D eigenvalue weighted by Crippen LogP contribution is 2.41. The van der Waals surface area contributed by atoms with E-state index in [-0.39, 0.29) is 28.8 Å². The van der Waals surface area contributed by atoms with Gasteiger partial charge in [0, 0.05) is 10.8 Å². The van der Waals surface area contributed by atoms with Gasteiger partial charge in [0.05, 0.1) is 31.8 Å². The van der Waals surface area contributed by atoms with Crippen LogP contribution in [0.25, 0.3) is 0 Å². The zero-order valence-corrected chi connectivity index (χ0v) is 17.7. The molecule has 0 aromatic heterocycles. The van der Waals surface area contributed by atoms with Crippen LogP contribution < -0.4 is 0 Å². The van der Waals surface area contributed by atoms with E-state index >= 15 is 0 Å². The van der Waals surface area contributed by atoms with E-state index in [4.69, 9.17) is 18.9 Å². The number of hydrogen-bond acceptors (Lipinski definition) is 4. The molecule has 2 aliphatic rings. The second-order valence-electron chi connectivity index (χ2n) is 10.6. The third kappa shape index (κ3) is 5.41. The number of ether oxygens (including phenoxy) is 4. The Morgan fingerprint density at radius 2 is 0.960 bits per heavy atom. The summed E-state index contributed by atoms with van der Waals surface area (Å²) in [4.78, 5) is 0. The van der Waals surface area contributed by atoms with Gasteiger partial charge in [-0.05, 0) is 24.7 Å². The SMILES string of the molecule is CC(C)CC(C)(C)C1OCC2(CO1)COC(C(C)(C)CC(C)C)OC2. The molecule has 2 saturated heterocycles. The summed E-state index contributed by atoms with van der Waals surface area (Å²) in [6.07, 6.45) is 1.89. The molecule has 0 N–H and O–H groups in total. The molecule has 0 amide bonds. The molecule has 2 aliphatic heterocycles. The summed E-state index contributed by atoms with van der Waals surface area (Å²) in [5.74, 6) is 1.26. The zero-order valence-electron chi connectivity index (χ0n) is 17.7. The predicted octanol–water partition coefficient (Wildman–Crippen LogP) is 4.86. The molecule has 0 unspecified atom stereocenters. The van der Waals surface area contributed by atoms with Crippen LogP contribution in [-0.2, 0) is 18.9 Å². The van der Waals surface area contributed by atoms with Crippen molar-refractivity contribution in [3.8, 4) is 0 Å². The highest BCUT2D eigenvalue weighted by molar-refractivity contribution is 4.89. The first kappa shape index (κ1) is 21.1. The first-order valence-corrected chi connectivity index (χ1v) is 9.92. The molecular formula is C21H40O4. The average molecular weight is 357 g/mol. The van der Waals surface area contributed by atoms with Gasteiger partial charge in [-0.3, -0.25) is 0 Å². The van der Waals surface area contributed by atoms with Crippen LogP contribution in [0.15, 0.2) is 0 Å². The van der Waals surface area contributed by atoms with Gasteiger partial charge in [0.25, 0.3) is 0 Å². The van der Waals surface area contributed by atoms with Crippen molar-refractivity contribution < 1.29 is 18.9 Å². The lowest BCUT2D eigenvalue weighted by Gasteiger charge is -2.49. The summed E-state index contributed by atoms with van der Waals surface area (Å²) in [6, 6.07) is 0. The fourth-order valence-corrected chi connectivity index (χ4v) is 4.56. The molecule has 0 aliphatic carbocycles. The number of rotatable bonds is 6. The van der Waals surface area contributed by atoms with E-state index in [9.17, 15) is 0 Å². The Bertz CT molecular complexity index is 368. The van der Waals surface area contributed by atoms with Crippen LogP contribution in [0, 0.1) is 28.1 Å². The van der Waals surface area contributed by atoms with Gasteiger partial charge in [0.2, 0.25) is 0 Å². The molecule has 0 aromatic carbocycles. The summed E-state index contributed by atoms with van der Waals surface area (Å²) in [6.45, 7) is 20.5. The molecule has 0 saturated carbocycles. The van der Waals surface area contributed by atoms with Gasteiger partial charge in [-0.25, -0.2) is 0 Å². The van der Waals surface area contributed by atoms with Gasteiger partial charge in [-0.1, -0.05) is 55.4 Å². The molecular weight excluding hydrogens is 316 g/mol. The minimum atomic E-state index is -0.158. The van der Waals surface area contributed by atoms with Crippen molar-refractivity contribution in [3.63, 3.8) is 0 Å². The molecule has 4 heteroatoms. The Morgan fingerprint density at radius 3 is 1.20 bits per heavy atom. The fourth-order valence-electron chi connectivity index (χ4n) is 4.56. The van der Waals surface area contributed by atoms with E-state index in [2.05, 4.69) is 55.4 Å². The van der Waals surface area contributed by atoms with Gasteiger partial charge >= 0.3 is 0 Å². The first-order valence-electron chi connectivity index (χ1n) is 9.92. The van der Waals surface area contributed by atoms with E-state index in [0.29, 0.717) is 38.3 Å². The largest absolute Gasteiger partial charge is 0.351 e. The summed E-state index contributed by atoms with van der Waals surface area (Å²) in [5.41, 5.74) is -0.114. The van der Waals surface area contributed by atoms with Crippen LogP contribution in [-0.4, -0.2) is 39.0 Å². The van der Waals surface area contributed by atoms with Crippen LogP contribution in [0.4, 0.5) is 0 Å². The molecule has 1 spiro atoms. The lowest BCUT2D eigenvalue weighted by molar-refractivity contribution is -0.335. The maximum Gasteiger partial charge on any atom is 0.162 e. The molecule has 2 rings (SSSR count). The van der Waals surface area contributed by atoms with Gasteiger partial charge in [0.1, 0.15) is 0 Å². The van der Waals surface area contributed by atoms with E-state index in [0.717, 1.165) is 12.8 Å². The summed E-state index contributed by atoms with van der Waals surface area (Å²) in [7, 11) is 0. The average Bonchev–Trinajstić information content (AvgIpc) is 2.45. The quantitative estimate of drug-likeness (QED) is 0.681. The zero-order chi connectivity index (χ0) is 18.9. The van der Waals surface area contributed by atoms with Crippen molar-refractivity contribution in [1.29, 1.82) is 0 Å². The normalized spacial score (nSPS) is 31.9. The summed E-state index contributed by atoms with van der Waals surface area (Å²) >= 11 is 0. The van der Waals surface area contributed by atoms with Crippen LogP contribution in [0.2, 0.25) is 0 Å². The van der Waals surface area contributed by atoms with Gasteiger partial charge in [-0.2, -0.15) is 0 Å². The molecule has 2 heterocycles. The summed E-state index contributed by atoms with van der Waals surface area (Å²) in [5, 5.41) is 0. The van der Waals surface area contributed by atoms with E-state index in [1.54, 1.807) is 0 Å². The Labute approximate surface area is 154 Å². The Hall–Kier alpha value is -0.160. The lowest BCUT2D eigenvalue weighted by Crippen LogP contribution is -2.56. The molecule has 4 nitrogen and oxygen atoms in total. The molecule has 25 heavy (non-hydrogen) atoms. The van der Waals surface area contributed by atoms with E-state index in [1.165, 1.54) is 0 Å². The van der Waals surface area contributed by atoms with Crippen LogP contribution >= 0.6 is 0 Å². The molecule has 0 atom stereocenters. The topological polar surface area (TPSA) is 36.9 Å². The van der Waals surface area contributed by atoms with Gasteiger partial charge in [0.15, 0.2) is 12.6 Å². The minimum Gasteiger partial charge on any atom is -0.351 e. The second kappa shape index (κ2) is 7.84.